The molecule has 202 valence electrons. The molecule has 0 aliphatic carbocycles. The van der Waals surface area contributed by atoms with E-state index in [4.69, 9.17) is 11.6 Å². The van der Waals surface area contributed by atoms with Crippen molar-refractivity contribution in [3.05, 3.63) is 144 Å². The number of nitriles is 2. The topological polar surface area (TPSA) is 74.7 Å². The van der Waals surface area contributed by atoms with Gasteiger partial charge in [0.15, 0.2) is 5.69 Å². The maximum absolute atomic E-state index is 9.88. The fourth-order valence-corrected chi connectivity index (χ4v) is 6.32. The molecule has 0 fully saturated rings. The second-order valence-electron chi connectivity index (χ2n) is 10.6. The van der Waals surface area contributed by atoms with Crippen LogP contribution < -0.4 is 0 Å². The molecule has 0 radical (unpaired) electrons. The number of hydrogen-bond acceptors (Lipinski definition) is 3. The maximum atomic E-state index is 9.88. The number of aromatic nitrogens is 3. The molecule has 0 saturated heterocycles. The van der Waals surface area contributed by atoms with Crippen molar-refractivity contribution in [1.29, 1.82) is 10.5 Å². The van der Waals surface area contributed by atoms with E-state index in [1.54, 1.807) is 6.20 Å². The zero-order valence-electron chi connectivity index (χ0n) is 23.2. The van der Waals surface area contributed by atoms with Crippen molar-refractivity contribution in [3.63, 3.8) is 0 Å². The van der Waals surface area contributed by atoms with Crippen LogP contribution in [0.15, 0.2) is 121 Å². The van der Waals surface area contributed by atoms with Crippen LogP contribution in [0.25, 0.3) is 71.1 Å². The summed E-state index contributed by atoms with van der Waals surface area (Å²) in [6.45, 7) is 7.55. The lowest BCUT2D eigenvalue weighted by Gasteiger charge is -2.15. The number of fused-ring (bicyclic) bond motifs is 6. The summed E-state index contributed by atoms with van der Waals surface area (Å²) < 4.78 is 4.38. The molecule has 8 aromatic rings. The van der Waals surface area contributed by atoms with Gasteiger partial charge in [-0.3, -0.25) is 4.98 Å². The van der Waals surface area contributed by atoms with Crippen molar-refractivity contribution in [3.8, 4) is 34.8 Å². The lowest BCUT2D eigenvalue weighted by molar-refractivity contribution is 1.14. The summed E-state index contributed by atoms with van der Waals surface area (Å²) in [4.78, 5) is 8.48. The van der Waals surface area contributed by atoms with Gasteiger partial charge in [-0.1, -0.05) is 42.5 Å². The second kappa shape index (κ2) is 9.71. The SMILES string of the molecule is [C-]#[N+]c1ccc2c(c1)c1ccccc1n2-c1ccc(C#N)cc1-c1cc(-n2c3ccccc3c3cc(C#N)ccc32)ccn1. The smallest absolute Gasteiger partial charge is 0.188 e. The van der Waals surface area contributed by atoms with Gasteiger partial charge in [-0.2, -0.15) is 10.5 Å². The van der Waals surface area contributed by atoms with E-state index < -0.39 is 0 Å². The maximum Gasteiger partial charge on any atom is 0.188 e. The highest BCUT2D eigenvalue weighted by molar-refractivity contribution is 6.11. The highest BCUT2D eigenvalue weighted by Crippen LogP contribution is 2.39. The number of nitrogens with zero attached hydrogens (tertiary/aromatic N) is 6. The quantitative estimate of drug-likeness (QED) is 0.202. The Bertz CT molecular complexity index is 2600. The first-order valence-electron chi connectivity index (χ1n) is 14.0. The zero-order chi connectivity index (χ0) is 29.8. The van der Waals surface area contributed by atoms with Crippen molar-refractivity contribution in [2.75, 3.05) is 0 Å². The van der Waals surface area contributed by atoms with Crippen LogP contribution in [-0.2, 0) is 0 Å². The average molecular weight is 561 g/mol. The Morgan fingerprint density at radius 1 is 0.591 bits per heavy atom. The highest BCUT2D eigenvalue weighted by atomic mass is 15.0. The molecule has 8 rings (SSSR count). The van der Waals surface area contributed by atoms with E-state index in [2.05, 4.69) is 56.4 Å². The first-order valence-corrected chi connectivity index (χ1v) is 14.0. The van der Waals surface area contributed by atoms with Crippen molar-refractivity contribution in [2.45, 2.75) is 0 Å². The van der Waals surface area contributed by atoms with E-state index in [9.17, 15) is 10.5 Å². The van der Waals surface area contributed by atoms with Crippen molar-refractivity contribution in [2.24, 2.45) is 0 Å². The van der Waals surface area contributed by atoms with E-state index in [1.807, 2.05) is 84.9 Å². The molecule has 44 heavy (non-hydrogen) atoms. The van der Waals surface area contributed by atoms with Gasteiger partial charge >= 0.3 is 0 Å². The summed E-state index contributed by atoms with van der Waals surface area (Å²) in [7, 11) is 0. The van der Waals surface area contributed by atoms with Crippen LogP contribution in [0.1, 0.15) is 11.1 Å². The molecule has 0 spiro atoms. The molecule has 0 unspecified atom stereocenters. The molecule has 0 amide bonds. The summed E-state index contributed by atoms with van der Waals surface area (Å²) in [6, 6.07) is 42.2. The van der Waals surface area contributed by atoms with E-state index >= 15 is 0 Å². The van der Waals surface area contributed by atoms with E-state index in [1.165, 1.54) is 0 Å². The molecule has 0 atom stereocenters. The Balaban J connectivity index is 1.40. The third-order valence-corrected chi connectivity index (χ3v) is 8.23. The van der Waals surface area contributed by atoms with E-state index in [0.29, 0.717) is 16.8 Å². The minimum atomic E-state index is 0.535. The zero-order valence-corrected chi connectivity index (χ0v) is 23.2. The molecule has 0 aliphatic rings. The van der Waals surface area contributed by atoms with Crippen LogP contribution in [0.3, 0.4) is 0 Å². The van der Waals surface area contributed by atoms with Crippen LogP contribution in [0, 0.1) is 29.2 Å². The monoisotopic (exact) mass is 560 g/mol. The van der Waals surface area contributed by atoms with Gasteiger partial charge in [-0.15, -0.1) is 0 Å². The van der Waals surface area contributed by atoms with Crippen molar-refractivity contribution < 1.29 is 0 Å². The first-order chi connectivity index (χ1) is 21.7. The summed E-state index contributed by atoms with van der Waals surface area (Å²) in [5, 5.41) is 23.6. The second-order valence-corrected chi connectivity index (χ2v) is 10.6. The Hall–Kier alpha value is -6.68. The third kappa shape index (κ3) is 3.68. The lowest BCUT2D eigenvalue weighted by atomic mass is 10.0. The molecular weight excluding hydrogens is 540 g/mol. The van der Waals surface area contributed by atoms with Gasteiger partial charge in [0.25, 0.3) is 0 Å². The number of rotatable bonds is 3. The molecule has 5 aromatic carbocycles. The number of hydrogen-bond donors (Lipinski definition) is 0. The molecule has 6 nitrogen and oxygen atoms in total. The minimum absolute atomic E-state index is 0.535. The van der Waals surface area contributed by atoms with Crippen LogP contribution in [-0.4, -0.2) is 14.1 Å². The predicted octanol–water partition coefficient (Wildman–Crippen LogP) is 9.24. The molecule has 0 aliphatic heterocycles. The molecule has 6 heteroatoms. The van der Waals surface area contributed by atoms with Gasteiger partial charge in [0.2, 0.25) is 0 Å². The Morgan fingerprint density at radius 3 is 1.95 bits per heavy atom. The number of pyridine rings is 1. The summed E-state index contributed by atoms with van der Waals surface area (Å²) in [6.07, 6.45) is 1.80. The average Bonchev–Trinajstić information content (AvgIpc) is 3.60. The van der Waals surface area contributed by atoms with Crippen LogP contribution in [0.5, 0.6) is 0 Å². The Kier molecular flexibility index (Phi) is 5.53. The standard InChI is InChI=1S/C38H20N6/c1-41-26-12-15-37-31(20-26)29-7-3-5-9-35(29)44(37)38-14-11-25(23-40)19-32(38)33-21-27(16-17-42-33)43-34-8-4-2-6-28(34)30-18-24(22-39)10-13-36(30)43/h2-21H. The van der Waals surface area contributed by atoms with E-state index in [-0.39, 0.29) is 0 Å². The van der Waals surface area contributed by atoms with Crippen molar-refractivity contribution in [1.82, 2.24) is 14.1 Å². The lowest BCUT2D eigenvalue weighted by Crippen LogP contribution is -2.00. The third-order valence-electron chi connectivity index (χ3n) is 8.23. The Labute approximate surface area is 252 Å². The van der Waals surface area contributed by atoms with Gasteiger partial charge in [0.1, 0.15) is 0 Å². The van der Waals surface area contributed by atoms with Crippen LogP contribution in [0.4, 0.5) is 5.69 Å². The van der Waals surface area contributed by atoms with E-state index in [0.717, 1.165) is 66.2 Å². The van der Waals surface area contributed by atoms with Gasteiger partial charge in [-0.05, 0) is 78.2 Å². The number of para-hydroxylation sites is 2. The Morgan fingerprint density at radius 2 is 1.20 bits per heavy atom. The van der Waals surface area contributed by atoms with Gasteiger partial charge < -0.3 is 9.13 Å². The first kappa shape index (κ1) is 25.1. The molecule has 0 saturated carbocycles. The fraction of sp³-hybridized carbons (Fsp3) is 0. The number of benzene rings is 5. The fourth-order valence-electron chi connectivity index (χ4n) is 6.32. The molecule has 0 N–H and O–H groups in total. The van der Waals surface area contributed by atoms with Crippen LogP contribution in [0.2, 0.25) is 0 Å². The highest BCUT2D eigenvalue weighted by Gasteiger charge is 2.19. The van der Waals surface area contributed by atoms with Gasteiger partial charge in [-0.25, -0.2) is 4.85 Å². The van der Waals surface area contributed by atoms with Crippen molar-refractivity contribution >= 4 is 49.3 Å². The molecular formula is C38H20N6. The molecule has 0 bridgehead atoms. The molecule has 3 aromatic heterocycles. The largest absolute Gasteiger partial charge is 0.309 e. The van der Waals surface area contributed by atoms with Crippen LogP contribution >= 0.6 is 0 Å². The summed E-state index contributed by atoms with van der Waals surface area (Å²) in [5.74, 6) is 0. The summed E-state index contributed by atoms with van der Waals surface area (Å²) >= 11 is 0. The normalized spacial score (nSPS) is 11.1. The molecule has 3 heterocycles. The minimum Gasteiger partial charge on any atom is -0.309 e. The van der Waals surface area contributed by atoms with Gasteiger partial charge in [0, 0.05) is 33.6 Å². The predicted molar refractivity (Wildman–Crippen MR) is 174 cm³/mol. The summed E-state index contributed by atoms with van der Waals surface area (Å²) in [5.41, 5.74) is 9.07. The van der Waals surface area contributed by atoms with Gasteiger partial charge in [0.05, 0.1) is 63.3 Å².